The van der Waals surface area contributed by atoms with Crippen LogP contribution in [0.4, 0.5) is 15.9 Å². The Hall–Kier alpha value is -3.81. The van der Waals surface area contributed by atoms with Crippen LogP contribution in [-0.2, 0) is 0 Å². The first-order chi connectivity index (χ1) is 14.1. The van der Waals surface area contributed by atoms with E-state index in [1.165, 1.54) is 12.1 Å². The van der Waals surface area contributed by atoms with E-state index in [0.717, 1.165) is 16.8 Å². The average Bonchev–Trinajstić information content (AvgIpc) is 3.17. The first-order valence-electron chi connectivity index (χ1n) is 8.80. The van der Waals surface area contributed by atoms with Crippen LogP contribution in [0.5, 0.6) is 17.2 Å². The number of nitrogens with one attached hydrogen (secondary N) is 1. The number of ether oxygens (including phenoxy) is 3. The summed E-state index contributed by atoms with van der Waals surface area (Å²) in [4.78, 5) is 4.67. The van der Waals surface area contributed by atoms with Crippen LogP contribution in [0.1, 0.15) is 0 Å². The number of nitrogens with zero attached hydrogens (tertiary/aromatic N) is 3. The summed E-state index contributed by atoms with van der Waals surface area (Å²) < 4.78 is 31.1. The minimum absolute atomic E-state index is 0.292. The van der Waals surface area contributed by atoms with Crippen molar-refractivity contribution in [1.82, 2.24) is 14.6 Å². The van der Waals surface area contributed by atoms with Crippen molar-refractivity contribution in [2.45, 2.75) is 0 Å². The largest absolute Gasteiger partial charge is 0.493 e. The molecule has 1 N–H and O–H groups in total. The molecule has 2 aromatic carbocycles. The lowest BCUT2D eigenvalue weighted by atomic mass is 10.1. The molecule has 0 aliphatic carbocycles. The number of aromatic nitrogens is 3. The quantitative estimate of drug-likeness (QED) is 0.526. The molecule has 0 unspecified atom stereocenters. The number of rotatable bonds is 6. The normalized spacial score (nSPS) is 10.8. The fourth-order valence-electron chi connectivity index (χ4n) is 3.06. The van der Waals surface area contributed by atoms with Gasteiger partial charge in [-0.25, -0.2) is 13.9 Å². The second-order valence-electron chi connectivity index (χ2n) is 6.19. The van der Waals surface area contributed by atoms with Gasteiger partial charge in [-0.3, -0.25) is 0 Å². The maximum Gasteiger partial charge on any atom is 0.203 e. The summed E-state index contributed by atoms with van der Waals surface area (Å²) in [5.41, 5.74) is 3.00. The molecule has 0 atom stereocenters. The zero-order valence-electron chi connectivity index (χ0n) is 16.1. The molecule has 4 rings (SSSR count). The summed E-state index contributed by atoms with van der Waals surface area (Å²) in [7, 11) is 4.70. The summed E-state index contributed by atoms with van der Waals surface area (Å²) in [6.07, 6.45) is 3.53. The fraction of sp³-hybridized carbons (Fsp3) is 0.143. The highest BCUT2D eigenvalue weighted by molar-refractivity contribution is 5.81. The van der Waals surface area contributed by atoms with E-state index in [2.05, 4.69) is 15.4 Å². The molecule has 0 fully saturated rings. The van der Waals surface area contributed by atoms with Crippen molar-refractivity contribution in [3.63, 3.8) is 0 Å². The molecule has 0 spiro atoms. The number of benzene rings is 2. The smallest absolute Gasteiger partial charge is 0.203 e. The van der Waals surface area contributed by atoms with Crippen LogP contribution in [0.25, 0.3) is 16.8 Å². The lowest BCUT2D eigenvalue weighted by molar-refractivity contribution is 0.324. The Kier molecular flexibility index (Phi) is 4.90. The lowest BCUT2D eigenvalue weighted by Crippen LogP contribution is -1.98. The maximum absolute atomic E-state index is 13.1. The fourth-order valence-corrected chi connectivity index (χ4v) is 3.06. The third kappa shape index (κ3) is 3.52. The summed E-state index contributed by atoms with van der Waals surface area (Å²) in [6, 6.07) is 11.6. The molecule has 0 saturated heterocycles. The van der Waals surface area contributed by atoms with Crippen molar-refractivity contribution < 1.29 is 18.6 Å². The van der Waals surface area contributed by atoms with Gasteiger partial charge in [0.15, 0.2) is 17.1 Å². The van der Waals surface area contributed by atoms with Crippen molar-refractivity contribution in [2.75, 3.05) is 26.6 Å². The van der Waals surface area contributed by atoms with Gasteiger partial charge in [-0.05, 0) is 48.0 Å². The van der Waals surface area contributed by atoms with E-state index >= 15 is 0 Å². The minimum Gasteiger partial charge on any atom is -0.493 e. The van der Waals surface area contributed by atoms with Gasteiger partial charge in [-0.2, -0.15) is 5.10 Å². The summed E-state index contributed by atoms with van der Waals surface area (Å²) in [6.45, 7) is 0. The third-order valence-corrected chi connectivity index (χ3v) is 4.46. The molecular weight excluding hydrogens is 375 g/mol. The van der Waals surface area contributed by atoms with Gasteiger partial charge in [0.25, 0.3) is 0 Å². The standard InChI is InChI=1S/C21H19FN4O3/c1-27-17-10-13(11-18(28-2)20(17)29-3)16-12-23-26-9-8-19(25-21(16)26)24-15-6-4-14(22)5-7-15/h4-12H,1-3H3,(H,24,25). The number of halogens is 1. The first kappa shape index (κ1) is 18.5. The zero-order chi connectivity index (χ0) is 20.4. The van der Waals surface area contributed by atoms with Crippen molar-refractivity contribution in [2.24, 2.45) is 0 Å². The minimum atomic E-state index is -0.292. The molecule has 0 radical (unpaired) electrons. The van der Waals surface area contributed by atoms with Crippen molar-refractivity contribution in [1.29, 1.82) is 0 Å². The van der Waals surface area contributed by atoms with E-state index in [1.807, 2.05) is 12.1 Å². The molecule has 7 nitrogen and oxygen atoms in total. The van der Waals surface area contributed by atoms with Gasteiger partial charge in [-0.15, -0.1) is 0 Å². The average molecular weight is 394 g/mol. The van der Waals surface area contributed by atoms with Crippen LogP contribution in [-0.4, -0.2) is 35.9 Å². The Morgan fingerprint density at radius 3 is 2.24 bits per heavy atom. The number of methoxy groups -OCH3 is 3. The van der Waals surface area contributed by atoms with Crippen LogP contribution in [0.15, 0.2) is 54.9 Å². The van der Waals surface area contributed by atoms with Crippen molar-refractivity contribution in [3.8, 4) is 28.4 Å². The molecule has 0 aliphatic heterocycles. The van der Waals surface area contributed by atoms with Crippen LogP contribution >= 0.6 is 0 Å². The van der Waals surface area contributed by atoms with Crippen LogP contribution in [0.2, 0.25) is 0 Å². The Labute approximate surface area is 166 Å². The van der Waals surface area contributed by atoms with Crippen LogP contribution in [0, 0.1) is 5.82 Å². The number of hydrogen-bond acceptors (Lipinski definition) is 6. The molecule has 29 heavy (non-hydrogen) atoms. The molecule has 0 bridgehead atoms. The van der Waals surface area contributed by atoms with Crippen LogP contribution < -0.4 is 19.5 Å². The van der Waals surface area contributed by atoms with E-state index in [-0.39, 0.29) is 5.82 Å². The number of fused-ring (bicyclic) bond motifs is 1. The molecule has 148 valence electrons. The van der Waals surface area contributed by atoms with E-state index in [0.29, 0.717) is 28.7 Å². The first-order valence-corrected chi connectivity index (χ1v) is 8.80. The van der Waals surface area contributed by atoms with Crippen molar-refractivity contribution in [3.05, 3.63) is 60.7 Å². The Bertz CT molecular complexity index is 1130. The topological polar surface area (TPSA) is 69.9 Å². The monoisotopic (exact) mass is 394 g/mol. The molecule has 2 heterocycles. The summed E-state index contributed by atoms with van der Waals surface area (Å²) in [5, 5.41) is 7.54. The van der Waals surface area contributed by atoms with E-state index in [4.69, 9.17) is 14.2 Å². The highest BCUT2D eigenvalue weighted by Crippen LogP contribution is 2.41. The summed E-state index contributed by atoms with van der Waals surface area (Å²) in [5.74, 6) is 1.92. The molecule has 0 saturated carbocycles. The summed E-state index contributed by atoms with van der Waals surface area (Å²) >= 11 is 0. The van der Waals surface area contributed by atoms with Gasteiger partial charge in [0.1, 0.15) is 11.6 Å². The number of hydrogen-bond donors (Lipinski definition) is 1. The van der Waals surface area contributed by atoms with E-state index in [1.54, 1.807) is 56.4 Å². The Morgan fingerprint density at radius 1 is 0.931 bits per heavy atom. The molecule has 0 amide bonds. The second kappa shape index (κ2) is 7.67. The van der Waals surface area contributed by atoms with Gasteiger partial charge >= 0.3 is 0 Å². The van der Waals surface area contributed by atoms with Gasteiger partial charge in [0.05, 0.1) is 27.5 Å². The number of anilines is 2. The van der Waals surface area contributed by atoms with Gasteiger partial charge in [-0.1, -0.05) is 0 Å². The molecule has 8 heteroatoms. The zero-order valence-corrected chi connectivity index (χ0v) is 16.1. The van der Waals surface area contributed by atoms with Crippen LogP contribution in [0.3, 0.4) is 0 Å². The molecule has 0 aliphatic rings. The molecule has 2 aromatic heterocycles. The van der Waals surface area contributed by atoms with Gasteiger partial charge in [0.2, 0.25) is 5.75 Å². The highest BCUT2D eigenvalue weighted by atomic mass is 19.1. The maximum atomic E-state index is 13.1. The van der Waals surface area contributed by atoms with Gasteiger partial charge in [0, 0.05) is 17.4 Å². The second-order valence-corrected chi connectivity index (χ2v) is 6.19. The van der Waals surface area contributed by atoms with Crippen molar-refractivity contribution >= 4 is 17.2 Å². The van der Waals surface area contributed by atoms with E-state index < -0.39 is 0 Å². The van der Waals surface area contributed by atoms with E-state index in [9.17, 15) is 4.39 Å². The predicted octanol–water partition coefficient (Wildman–Crippen LogP) is 4.30. The van der Waals surface area contributed by atoms with Gasteiger partial charge < -0.3 is 19.5 Å². The SMILES string of the molecule is COc1cc(-c2cnn3ccc(Nc4ccc(F)cc4)nc23)cc(OC)c1OC. The molecular formula is C21H19FN4O3. The predicted molar refractivity (Wildman–Crippen MR) is 108 cm³/mol. The highest BCUT2D eigenvalue weighted by Gasteiger charge is 2.17. The Morgan fingerprint density at radius 2 is 1.62 bits per heavy atom. The Balaban J connectivity index is 1.77. The molecule has 4 aromatic rings. The lowest BCUT2D eigenvalue weighted by Gasteiger charge is -2.13. The third-order valence-electron chi connectivity index (χ3n) is 4.46.